The second-order valence-corrected chi connectivity index (χ2v) is 5.19. The molecular weight excluding hydrogens is 218 g/mol. The van der Waals surface area contributed by atoms with Gasteiger partial charge in [-0.2, -0.15) is 5.10 Å². The maximum absolute atomic E-state index is 10.9. The van der Waals surface area contributed by atoms with Crippen LogP contribution in [0, 0.1) is 0 Å². The van der Waals surface area contributed by atoms with Gasteiger partial charge in [-0.15, -0.1) is 0 Å². The highest BCUT2D eigenvalue weighted by Gasteiger charge is 2.44. The molecule has 1 unspecified atom stereocenters. The summed E-state index contributed by atoms with van der Waals surface area (Å²) in [6.07, 6.45) is 2.97. The van der Waals surface area contributed by atoms with Crippen LogP contribution in [0.4, 0.5) is 0 Å². The van der Waals surface area contributed by atoms with Crippen molar-refractivity contribution in [3.63, 3.8) is 0 Å². The molecule has 0 saturated carbocycles. The quantitative estimate of drug-likeness (QED) is 0.687. The first kappa shape index (κ1) is 12.5. The van der Waals surface area contributed by atoms with E-state index in [1.165, 1.54) is 6.92 Å². The largest absolute Gasteiger partial charge is 0.366 e. The number of piperidine rings is 1. The van der Waals surface area contributed by atoms with Gasteiger partial charge in [-0.1, -0.05) is 0 Å². The van der Waals surface area contributed by atoms with Crippen molar-refractivity contribution in [1.82, 2.24) is 10.3 Å². The third kappa shape index (κ3) is 2.84. The van der Waals surface area contributed by atoms with E-state index in [1.807, 2.05) is 6.92 Å². The maximum Gasteiger partial charge on any atom is 0.236 e. The van der Waals surface area contributed by atoms with Crippen LogP contribution in [-0.4, -0.2) is 48.4 Å². The van der Waals surface area contributed by atoms with Crippen LogP contribution >= 0.6 is 0 Å². The van der Waals surface area contributed by atoms with Crippen LogP contribution in [0.15, 0.2) is 5.10 Å². The molecule has 0 radical (unpaired) electrons. The van der Waals surface area contributed by atoms with Crippen LogP contribution in [0.5, 0.6) is 0 Å². The fourth-order valence-corrected chi connectivity index (χ4v) is 2.56. The summed E-state index contributed by atoms with van der Waals surface area (Å²) < 4.78 is 6.07. The van der Waals surface area contributed by atoms with Gasteiger partial charge in [0.25, 0.3) is 0 Å². The van der Waals surface area contributed by atoms with Crippen LogP contribution in [0.1, 0.15) is 33.1 Å². The number of carbonyl (C=O) groups is 1. The smallest absolute Gasteiger partial charge is 0.236 e. The monoisotopic (exact) mass is 239 g/mol. The molecule has 0 aromatic rings. The van der Waals surface area contributed by atoms with Crippen LogP contribution in [0.25, 0.3) is 0 Å². The predicted octanol–water partition coefficient (Wildman–Crippen LogP) is 0.752. The number of nitrogens with zero attached hydrogens (tertiary/aromatic N) is 2. The van der Waals surface area contributed by atoms with Gasteiger partial charge in [-0.25, -0.2) is 5.43 Å². The van der Waals surface area contributed by atoms with E-state index in [1.54, 1.807) is 0 Å². The Hall–Kier alpha value is -0.940. The molecular formula is C12H21N3O2. The summed E-state index contributed by atoms with van der Waals surface area (Å²) in [6.45, 7) is 5.61. The molecule has 17 heavy (non-hydrogen) atoms. The maximum atomic E-state index is 10.9. The van der Waals surface area contributed by atoms with E-state index in [4.69, 9.17) is 4.74 Å². The number of hydrogen-bond donors (Lipinski definition) is 1. The fourth-order valence-electron chi connectivity index (χ4n) is 2.56. The van der Waals surface area contributed by atoms with Gasteiger partial charge in [0.1, 0.15) is 0 Å². The van der Waals surface area contributed by atoms with Gasteiger partial charge in [0.2, 0.25) is 5.91 Å². The summed E-state index contributed by atoms with van der Waals surface area (Å²) in [7, 11) is 2.14. The van der Waals surface area contributed by atoms with Crippen molar-refractivity contribution < 1.29 is 9.53 Å². The molecule has 2 saturated heterocycles. The average molecular weight is 239 g/mol. The summed E-state index contributed by atoms with van der Waals surface area (Å²) in [5, 5.41) is 4.15. The van der Waals surface area contributed by atoms with Crippen molar-refractivity contribution in [1.29, 1.82) is 0 Å². The first-order valence-electron chi connectivity index (χ1n) is 6.20. The van der Waals surface area contributed by atoms with Gasteiger partial charge in [-0.3, -0.25) is 4.79 Å². The van der Waals surface area contributed by atoms with E-state index >= 15 is 0 Å². The standard InChI is InChI=1S/C12H21N3O2/c1-9-11(14-13-10(2)16)8-12(17-9)4-6-15(3)7-5-12/h9H,4-8H2,1-3H3,(H,13,16)/b14-11+. The Balaban J connectivity index is 2.01. The molecule has 1 N–H and O–H groups in total. The number of ether oxygens (including phenoxy) is 1. The topological polar surface area (TPSA) is 53.9 Å². The fraction of sp³-hybridized carbons (Fsp3) is 0.833. The highest BCUT2D eigenvalue weighted by molar-refractivity contribution is 5.92. The van der Waals surface area contributed by atoms with E-state index in [9.17, 15) is 4.79 Å². The van der Waals surface area contributed by atoms with Crippen molar-refractivity contribution in [3.8, 4) is 0 Å². The third-order valence-corrected chi connectivity index (χ3v) is 3.65. The molecule has 2 fully saturated rings. The molecule has 0 bridgehead atoms. The number of likely N-dealkylation sites (tertiary alicyclic amines) is 1. The van der Waals surface area contributed by atoms with E-state index in [-0.39, 0.29) is 17.6 Å². The molecule has 0 aliphatic carbocycles. The van der Waals surface area contributed by atoms with Crippen LogP contribution < -0.4 is 5.43 Å². The van der Waals surface area contributed by atoms with Crippen LogP contribution in [0.2, 0.25) is 0 Å². The van der Waals surface area contributed by atoms with E-state index in [0.717, 1.165) is 38.1 Å². The summed E-state index contributed by atoms with van der Waals surface area (Å²) in [5.74, 6) is -0.131. The number of hydrogen-bond acceptors (Lipinski definition) is 4. The highest BCUT2D eigenvalue weighted by Crippen LogP contribution is 2.37. The van der Waals surface area contributed by atoms with Crippen molar-refractivity contribution in [2.24, 2.45) is 5.10 Å². The Morgan fingerprint density at radius 3 is 2.76 bits per heavy atom. The SMILES string of the molecule is CC(=O)N/N=C1\CC2(CCN(C)CC2)OC1C. The lowest BCUT2D eigenvalue weighted by Gasteiger charge is -2.36. The van der Waals surface area contributed by atoms with Gasteiger partial charge in [0, 0.05) is 26.4 Å². The molecule has 2 rings (SSSR count). The normalized spacial score (nSPS) is 31.0. The average Bonchev–Trinajstić information content (AvgIpc) is 2.58. The number of carbonyl (C=O) groups excluding carboxylic acids is 1. The zero-order valence-corrected chi connectivity index (χ0v) is 10.8. The third-order valence-electron chi connectivity index (χ3n) is 3.65. The Morgan fingerprint density at radius 1 is 1.53 bits per heavy atom. The minimum atomic E-state index is -0.131. The molecule has 0 aromatic carbocycles. The Bertz CT molecular complexity index is 333. The lowest BCUT2D eigenvalue weighted by molar-refractivity contribution is -0.118. The van der Waals surface area contributed by atoms with Gasteiger partial charge < -0.3 is 9.64 Å². The minimum absolute atomic E-state index is 0.0188. The molecule has 5 heteroatoms. The van der Waals surface area contributed by atoms with Gasteiger partial charge in [0.15, 0.2) is 0 Å². The molecule has 2 aliphatic heterocycles. The Labute approximate surface area is 102 Å². The summed E-state index contributed by atoms with van der Waals surface area (Å²) in [5.41, 5.74) is 3.43. The van der Waals surface area contributed by atoms with Crippen molar-refractivity contribution in [2.45, 2.75) is 44.8 Å². The zero-order chi connectivity index (χ0) is 12.5. The summed E-state index contributed by atoms with van der Waals surface area (Å²) in [6, 6.07) is 0. The lowest BCUT2D eigenvalue weighted by atomic mass is 9.88. The molecule has 0 aromatic heterocycles. The van der Waals surface area contributed by atoms with Gasteiger partial charge in [-0.05, 0) is 26.8 Å². The Morgan fingerprint density at radius 2 is 2.18 bits per heavy atom. The summed E-state index contributed by atoms with van der Waals surface area (Å²) in [4.78, 5) is 13.2. The molecule has 1 atom stereocenters. The minimum Gasteiger partial charge on any atom is -0.366 e. The van der Waals surface area contributed by atoms with Gasteiger partial charge >= 0.3 is 0 Å². The van der Waals surface area contributed by atoms with Crippen molar-refractivity contribution in [2.75, 3.05) is 20.1 Å². The second-order valence-electron chi connectivity index (χ2n) is 5.19. The number of rotatable bonds is 1. The highest BCUT2D eigenvalue weighted by atomic mass is 16.5. The van der Waals surface area contributed by atoms with Crippen LogP contribution in [-0.2, 0) is 9.53 Å². The van der Waals surface area contributed by atoms with Crippen molar-refractivity contribution >= 4 is 11.6 Å². The zero-order valence-electron chi connectivity index (χ0n) is 10.8. The molecule has 1 spiro atoms. The molecule has 5 nitrogen and oxygen atoms in total. The van der Waals surface area contributed by atoms with E-state index in [0.29, 0.717) is 0 Å². The number of nitrogens with one attached hydrogen (secondary N) is 1. The molecule has 2 aliphatic rings. The summed E-state index contributed by atoms with van der Waals surface area (Å²) >= 11 is 0. The van der Waals surface area contributed by atoms with E-state index < -0.39 is 0 Å². The molecule has 1 amide bonds. The predicted molar refractivity (Wildman–Crippen MR) is 65.9 cm³/mol. The van der Waals surface area contributed by atoms with E-state index in [2.05, 4.69) is 22.5 Å². The Kier molecular flexibility index (Phi) is 3.49. The van der Waals surface area contributed by atoms with Gasteiger partial charge in [0.05, 0.1) is 17.4 Å². The lowest BCUT2D eigenvalue weighted by Crippen LogP contribution is -2.42. The second kappa shape index (κ2) is 4.74. The number of amides is 1. The number of hydrazone groups is 1. The van der Waals surface area contributed by atoms with Crippen LogP contribution in [0.3, 0.4) is 0 Å². The van der Waals surface area contributed by atoms with Crippen molar-refractivity contribution in [3.05, 3.63) is 0 Å². The first-order chi connectivity index (χ1) is 8.01. The molecule has 2 heterocycles. The molecule has 96 valence electrons. The first-order valence-corrected chi connectivity index (χ1v) is 6.20.